The molecule has 0 saturated carbocycles. The number of aryl methyl sites for hydroxylation is 2. The summed E-state index contributed by atoms with van der Waals surface area (Å²) in [6.07, 6.45) is 0.897. The van der Waals surface area contributed by atoms with E-state index in [0.29, 0.717) is 0 Å². The quantitative estimate of drug-likeness (QED) is 0.736. The van der Waals surface area contributed by atoms with Crippen LogP contribution in [0.25, 0.3) is 10.1 Å². The first-order valence-electron chi connectivity index (χ1n) is 6.93. The fourth-order valence-corrected chi connectivity index (χ4v) is 3.76. The van der Waals surface area contributed by atoms with Gasteiger partial charge in [-0.1, -0.05) is 42.0 Å². The highest BCUT2D eigenvalue weighted by atomic mass is 32.1. The Morgan fingerprint density at radius 1 is 1.10 bits per heavy atom. The summed E-state index contributed by atoms with van der Waals surface area (Å²) in [5.41, 5.74) is 11.6. The first-order chi connectivity index (χ1) is 9.65. The Kier molecular flexibility index (Phi) is 3.60. The van der Waals surface area contributed by atoms with E-state index in [1.54, 1.807) is 11.3 Å². The Morgan fingerprint density at radius 2 is 1.90 bits per heavy atom. The molecule has 3 rings (SSSR count). The third kappa shape index (κ3) is 2.49. The van der Waals surface area contributed by atoms with Gasteiger partial charge >= 0.3 is 0 Å². The van der Waals surface area contributed by atoms with Crippen LogP contribution in [-0.4, -0.2) is 0 Å². The predicted octanol–water partition coefficient (Wildman–Crippen LogP) is 4.76. The van der Waals surface area contributed by atoms with Gasteiger partial charge in [0.15, 0.2) is 0 Å². The van der Waals surface area contributed by atoms with Crippen LogP contribution in [0.15, 0.2) is 47.8 Å². The molecule has 1 nitrogen and oxygen atoms in total. The molecule has 1 heterocycles. The number of thiophene rings is 1. The molecule has 0 radical (unpaired) electrons. The summed E-state index contributed by atoms with van der Waals surface area (Å²) in [5.74, 6) is 0. The standard InChI is InChI=1S/C18H19NS/c1-12-7-8-15(13(2)9-12)17(19)10-14-11-20-18-6-4-3-5-16(14)18/h3-9,11,17H,10,19H2,1-2H3. The molecule has 102 valence electrons. The molecule has 1 atom stereocenters. The predicted molar refractivity (Wildman–Crippen MR) is 88.4 cm³/mol. The van der Waals surface area contributed by atoms with Gasteiger partial charge in [0.1, 0.15) is 0 Å². The number of fused-ring (bicyclic) bond motifs is 1. The van der Waals surface area contributed by atoms with E-state index in [9.17, 15) is 0 Å². The average Bonchev–Trinajstić information content (AvgIpc) is 2.82. The molecule has 1 aromatic heterocycles. The van der Waals surface area contributed by atoms with Crippen LogP contribution in [0, 0.1) is 13.8 Å². The third-order valence-electron chi connectivity index (χ3n) is 3.83. The summed E-state index contributed by atoms with van der Waals surface area (Å²) in [7, 11) is 0. The molecule has 3 aromatic rings. The molecule has 20 heavy (non-hydrogen) atoms. The minimum absolute atomic E-state index is 0.0635. The molecule has 2 heteroatoms. The lowest BCUT2D eigenvalue weighted by Crippen LogP contribution is -2.14. The van der Waals surface area contributed by atoms with Crippen molar-refractivity contribution in [1.29, 1.82) is 0 Å². The van der Waals surface area contributed by atoms with Crippen LogP contribution in [-0.2, 0) is 6.42 Å². The van der Waals surface area contributed by atoms with Gasteiger partial charge in [-0.3, -0.25) is 0 Å². The molecule has 0 amide bonds. The Balaban J connectivity index is 1.90. The second-order valence-corrected chi connectivity index (χ2v) is 6.34. The molecule has 0 fully saturated rings. The van der Waals surface area contributed by atoms with Crippen LogP contribution in [0.4, 0.5) is 0 Å². The zero-order valence-electron chi connectivity index (χ0n) is 11.9. The van der Waals surface area contributed by atoms with E-state index in [1.807, 2.05) is 0 Å². The number of benzene rings is 2. The maximum absolute atomic E-state index is 6.43. The Bertz CT molecular complexity index is 742. The monoisotopic (exact) mass is 281 g/mol. The zero-order valence-corrected chi connectivity index (χ0v) is 12.7. The van der Waals surface area contributed by atoms with Crippen LogP contribution in [0.3, 0.4) is 0 Å². The fourth-order valence-electron chi connectivity index (χ4n) is 2.78. The van der Waals surface area contributed by atoms with E-state index >= 15 is 0 Å². The van der Waals surface area contributed by atoms with Gasteiger partial charge in [-0.2, -0.15) is 0 Å². The number of rotatable bonds is 3. The third-order valence-corrected chi connectivity index (χ3v) is 4.84. The molecular weight excluding hydrogens is 262 g/mol. The van der Waals surface area contributed by atoms with Crippen molar-refractivity contribution >= 4 is 21.4 Å². The second kappa shape index (κ2) is 5.39. The van der Waals surface area contributed by atoms with E-state index in [1.165, 1.54) is 32.3 Å². The molecule has 0 aliphatic carbocycles. The Labute approximate surface area is 124 Å². The van der Waals surface area contributed by atoms with Crippen molar-refractivity contribution < 1.29 is 0 Å². The van der Waals surface area contributed by atoms with Gasteiger partial charge in [0.05, 0.1) is 0 Å². The first-order valence-corrected chi connectivity index (χ1v) is 7.81. The smallest absolute Gasteiger partial charge is 0.0345 e. The van der Waals surface area contributed by atoms with Crippen molar-refractivity contribution in [2.24, 2.45) is 5.73 Å². The van der Waals surface area contributed by atoms with Gasteiger partial charge in [-0.25, -0.2) is 0 Å². The molecule has 2 N–H and O–H groups in total. The average molecular weight is 281 g/mol. The second-order valence-electron chi connectivity index (χ2n) is 5.43. The van der Waals surface area contributed by atoms with Gasteiger partial charge in [0.2, 0.25) is 0 Å². The Hall–Kier alpha value is -1.64. The van der Waals surface area contributed by atoms with Crippen molar-refractivity contribution in [2.75, 3.05) is 0 Å². The summed E-state index contributed by atoms with van der Waals surface area (Å²) in [6, 6.07) is 15.1. The van der Waals surface area contributed by atoms with E-state index in [-0.39, 0.29) is 6.04 Å². The van der Waals surface area contributed by atoms with Crippen LogP contribution >= 0.6 is 11.3 Å². The molecule has 0 spiro atoms. The zero-order chi connectivity index (χ0) is 14.1. The van der Waals surface area contributed by atoms with Gasteiger partial charge in [0, 0.05) is 10.7 Å². The lowest BCUT2D eigenvalue weighted by Gasteiger charge is -2.15. The van der Waals surface area contributed by atoms with Gasteiger partial charge in [-0.05, 0) is 53.8 Å². The van der Waals surface area contributed by atoms with Crippen LogP contribution in [0.1, 0.15) is 28.3 Å². The molecule has 0 saturated heterocycles. The van der Waals surface area contributed by atoms with Crippen molar-refractivity contribution in [3.63, 3.8) is 0 Å². The van der Waals surface area contributed by atoms with Crippen molar-refractivity contribution in [2.45, 2.75) is 26.3 Å². The topological polar surface area (TPSA) is 26.0 Å². The first kappa shape index (κ1) is 13.3. The van der Waals surface area contributed by atoms with Crippen LogP contribution in [0.5, 0.6) is 0 Å². The maximum Gasteiger partial charge on any atom is 0.0345 e. The molecule has 1 unspecified atom stereocenters. The summed E-state index contributed by atoms with van der Waals surface area (Å²) in [6.45, 7) is 4.27. The molecular formula is C18H19NS. The highest BCUT2D eigenvalue weighted by Crippen LogP contribution is 2.29. The summed E-state index contributed by atoms with van der Waals surface area (Å²) < 4.78 is 1.34. The van der Waals surface area contributed by atoms with Gasteiger partial charge in [-0.15, -0.1) is 11.3 Å². The summed E-state index contributed by atoms with van der Waals surface area (Å²) in [5, 5.41) is 3.59. The van der Waals surface area contributed by atoms with Crippen molar-refractivity contribution in [1.82, 2.24) is 0 Å². The minimum Gasteiger partial charge on any atom is -0.324 e. The minimum atomic E-state index is 0.0635. The largest absolute Gasteiger partial charge is 0.324 e. The lowest BCUT2D eigenvalue weighted by molar-refractivity contribution is 0.721. The van der Waals surface area contributed by atoms with E-state index in [2.05, 4.69) is 61.7 Å². The summed E-state index contributed by atoms with van der Waals surface area (Å²) in [4.78, 5) is 0. The SMILES string of the molecule is Cc1ccc(C(N)Cc2csc3ccccc23)c(C)c1. The van der Waals surface area contributed by atoms with Gasteiger partial charge in [0.25, 0.3) is 0 Å². The molecule has 0 aliphatic heterocycles. The highest BCUT2D eigenvalue weighted by molar-refractivity contribution is 7.17. The normalized spacial score (nSPS) is 12.8. The van der Waals surface area contributed by atoms with Crippen LogP contribution in [0.2, 0.25) is 0 Å². The van der Waals surface area contributed by atoms with E-state index in [4.69, 9.17) is 5.73 Å². The number of hydrogen-bond donors (Lipinski definition) is 1. The lowest BCUT2D eigenvalue weighted by atomic mass is 9.95. The Morgan fingerprint density at radius 3 is 2.70 bits per heavy atom. The molecule has 0 bridgehead atoms. The van der Waals surface area contributed by atoms with Crippen LogP contribution < -0.4 is 5.73 Å². The van der Waals surface area contributed by atoms with Crippen molar-refractivity contribution in [3.05, 3.63) is 70.1 Å². The van der Waals surface area contributed by atoms with Crippen molar-refractivity contribution in [3.8, 4) is 0 Å². The molecule has 2 aromatic carbocycles. The summed E-state index contributed by atoms with van der Waals surface area (Å²) >= 11 is 1.80. The number of nitrogens with two attached hydrogens (primary N) is 1. The fraction of sp³-hybridized carbons (Fsp3) is 0.222. The van der Waals surface area contributed by atoms with E-state index in [0.717, 1.165) is 6.42 Å². The molecule has 0 aliphatic rings. The van der Waals surface area contributed by atoms with E-state index < -0.39 is 0 Å². The highest BCUT2D eigenvalue weighted by Gasteiger charge is 2.12. The number of hydrogen-bond acceptors (Lipinski definition) is 2. The van der Waals surface area contributed by atoms with Gasteiger partial charge < -0.3 is 5.73 Å². The maximum atomic E-state index is 6.43.